The molecule has 0 aliphatic rings. The van der Waals surface area contributed by atoms with E-state index in [0.29, 0.717) is 0 Å². The Morgan fingerprint density at radius 3 is 2.79 bits per heavy atom. The highest BCUT2D eigenvalue weighted by Crippen LogP contribution is 2.18. The van der Waals surface area contributed by atoms with Crippen molar-refractivity contribution in [1.29, 1.82) is 0 Å². The van der Waals surface area contributed by atoms with Crippen LogP contribution in [0.3, 0.4) is 0 Å². The van der Waals surface area contributed by atoms with Gasteiger partial charge in [-0.3, -0.25) is 9.59 Å². The first-order chi connectivity index (χ1) is 8.90. The number of carbonyl (C=O) groups excluding carboxylic acids is 1. The van der Waals surface area contributed by atoms with Crippen molar-refractivity contribution in [3.63, 3.8) is 0 Å². The number of carboxylic acid groups (broad SMARTS) is 1. The van der Waals surface area contributed by atoms with Crippen molar-refractivity contribution in [2.45, 2.75) is 13.0 Å². The highest BCUT2D eigenvalue weighted by atomic mass is 127. The summed E-state index contributed by atoms with van der Waals surface area (Å²) in [4.78, 5) is 22.2. The molecule has 7 heteroatoms. The molecule has 0 radical (unpaired) electrons. The number of nitrogens with two attached hydrogens (primary N) is 1. The first kappa shape index (κ1) is 16.3. The summed E-state index contributed by atoms with van der Waals surface area (Å²) < 4.78 is 1.11. The molecule has 1 rings (SSSR count). The second-order valence-electron chi connectivity index (χ2n) is 3.97. The summed E-state index contributed by atoms with van der Waals surface area (Å²) in [6.07, 6.45) is 0. The first-order valence-corrected chi connectivity index (χ1v) is 7.75. The fourth-order valence-electron chi connectivity index (χ4n) is 1.30. The third kappa shape index (κ3) is 5.79. The van der Waals surface area contributed by atoms with Gasteiger partial charge in [0.05, 0.1) is 5.75 Å². The van der Waals surface area contributed by atoms with Crippen LogP contribution in [0.15, 0.2) is 18.2 Å². The Morgan fingerprint density at radius 1 is 1.53 bits per heavy atom. The Kier molecular flexibility index (Phi) is 6.59. The predicted octanol–water partition coefficient (Wildman–Crippen LogP) is 1.68. The Hall–Kier alpha value is -0.800. The van der Waals surface area contributed by atoms with E-state index in [9.17, 15) is 9.59 Å². The van der Waals surface area contributed by atoms with Crippen LogP contribution in [0.5, 0.6) is 0 Å². The topological polar surface area (TPSA) is 92.4 Å². The van der Waals surface area contributed by atoms with Crippen molar-refractivity contribution in [2.24, 2.45) is 5.73 Å². The summed E-state index contributed by atoms with van der Waals surface area (Å²) in [6.45, 7) is 1.92. The van der Waals surface area contributed by atoms with Crippen LogP contribution in [-0.4, -0.2) is 34.5 Å². The highest BCUT2D eigenvalue weighted by molar-refractivity contribution is 14.1. The third-order valence-electron chi connectivity index (χ3n) is 2.31. The highest BCUT2D eigenvalue weighted by Gasteiger charge is 2.12. The van der Waals surface area contributed by atoms with E-state index in [1.807, 2.05) is 25.1 Å². The SMILES string of the molecule is Cc1cc(I)ccc1NC(=O)CSC[C@H](N)C(=O)O. The van der Waals surface area contributed by atoms with E-state index in [1.54, 1.807) is 0 Å². The molecule has 1 aromatic carbocycles. The number of hydrogen-bond donors (Lipinski definition) is 3. The second-order valence-corrected chi connectivity index (χ2v) is 6.24. The number of nitrogens with one attached hydrogen (secondary N) is 1. The molecule has 1 atom stereocenters. The maximum absolute atomic E-state index is 11.7. The molecule has 104 valence electrons. The smallest absolute Gasteiger partial charge is 0.321 e. The minimum absolute atomic E-state index is 0.160. The zero-order chi connectivity index (χ0) is 14.4. The van der Waals surface area contributed by atoms with Gasteiger partial charge in [0.25, 0.3) is 0 Å². The van der Waals surface area contributed by atoms with Gasteiger partial charge < -0.3 is 16.2 Å². The van der Waals surface area contributed by atoms with E-state index in [1.165, 1.54) is 11.8 Å². The van der Waals surface area contributed by atoms with Gasteiger partial charge in [-0.2, -0.15) is 0 Å². The fourth-order valence-corrected chi connectivity index (χ4v) is 2.72. The van der Waals surface area contributed by atoms with Crippen LogP contribution in [0.4, 0.5) is 5.69 Å². The fraction of sp³-hybridized carbons (Fsp3) is 0.333. The van der Waals surface area contributed by atoms with E-state index < -0.39 is 12.0 Å². The number of rotatable bonds is 6. The number of hydrogen-bond acceptors (Lipinski definition) is 4. The lowest BCUT2D eigenvalue weighted by Gasteiger charge is -2.09. The lowest BCUT2D eigenvalue weighted by molar-refractivity contribution is -0.137. The van der Waals surface area contributed by atoms with Gasteiger partial charge in [0.1, 0.15) is 6.04 Å². The molecule has 0 aromatic heterocycles. The standard InChI is InChI=1S/C12H15IN2O3S/c1-7-4-8(13)2-3-10(7)15-11(16)6-19-5-9(14)12(17)18/h2-4,9H,5-6,14H2,1H3,(H,15,16)(H,17,18)/t9-/m0/s1. The Bertz CT molecular complexity index is 482. The lowest BCUT2D eigenvalue weighted by atomic mass is 10.2. The van der Waals surface area contributed by atoms with Crippen LogP contribution in [0.1, 0.15) is 5.56 Å². The molecule has 5 nitrogen and oxygen atoms in total. The predicted molar refractivity (Wildman–Crippen MR) is 85.5 cm³/mol. The van der Waals surface area contributed by atoms with Crippen molar-refractivity contribution in [1.82, 2.24) is 0 Å². The summed E-state index contributed by atoms with van der Waals surface area (Å²) in [5.41, 5.74) is 7.11. The van der Waals surface area contributed by atoms with Gasteiger partial charge in [0, 0.05) is 15.0 Å². The van der Waals surface area contributed by atoms with Crippen LogP contribution < -0.4 is 11.1 Å². The molecule has 1 amide bonds. The molecule has 0 aliphatic heterocycles. The number of benzene rings is 1. The van der Waals surface area contributed by atoms with Crippen LogP contribution in [0, 0.1) is 10.5 Å². The van der Waals surface area contributed by atoms with E-state index in [0.717, 1.165) is 14.8 Å². The van der Waals surface area contributed by atoms with E-state index in [-0.39, 0.29) is 17.4 Å². The summed E-state index contributed by atoms with van der Waals surface area (Å²) in [5.74, 6) is -0.811. The number of halogens is 1. The van der Waals surface area contributed by atoms with Crippen LogP contribution >= 0.6 is 34.4 Å². The molecule has 0 spiro atoms. The van der Waals surface area contributed by atoms with Crippen molar-refractivity contribution < 1.29 is 14.7 Å². The molecule has 0 unspecified atom stereocenters. The number of aliphatic carboxylic acids is 1. The van der Waals surface area contributed by atoms with Crippen LogP contribution in [0.2, 0.25) is 0 Å². The number of carboxylic acids is 1. The molecule has 0 saturated carbocycles. The molecule has 1 aromatic rings. The van der Waals surface area contributed by atoms with Gasteiger partial charge in [-0.25, -0.2) is 0 Å². The van der Waals surface area contributed by atoms with E-state index in [2.05, 4.69) is 27.9 Å². The minimum Gasteiger partial charge on any atom is -0.480 e. The van der Waals surface area contributed by atoms with Gasteiger partial charge in [0.15, 0.2) is 0 Å². The number of amides is 1. The summed E-state index contributed by atoms with van der Waals surface area (Å²) >= 11 is 3.41. The van der Waals surface area contributed by atoms with Gasteiger partial charge >= 0.3 is 5.97 Å². The third-order valence-corrected chi connectivity index (χ3v) is 4.04. The number of aryl methyl sites for hydroxylation is 1. The molecule has 4 N–H and O–H groups in total. The average Bonchev–Trinajstić information content (AvgIpc) is 2.32. The van der Waals surface area contributed by atoms with Crippen LogP contribution in [0.25, 0.3) is 0 Å². The summed E-state index contributed by atoms with van der Waals surface area (Å²) in [7, 11) is 0. The second kappa shape index (κ2) is 7.71. The molecule has 19 heavy (non-hydrogen) atoms. The van der Waals surface area contributed by atoms with E-state index in [4.69, 9.17) is 10.8 Å². The molecular formula is C12H15IN2O3S. The Balaban J connectivity index is 2.41. The number of thioether (sulfide) groups is 1. The van der Waals surface area contributed by atoms with Gasteiger partial charge in [0.2, 0.25) is 5.91 Å². The van der Waals surface area contributed by atoms with Crippen molar-refractivity contribution >= 4 is 51.9 Å². The Morgan fingerprint density at radius 2 is 2.21 bits per heavy atom. The molecule has 0 aliphatic carbocycles. The molecule has 0 fully saturated rings. The monoisotopic (exact) mass is 394 g/mol. The quantitative estimate of drug-likeness (QED) is 0.639. The maximum atomic E-state index is 11.7. The summed E-state index contributed by atoms with van der Waals surface area (Å²) in [5, 5.41) is 11.4. The molecular weight excluding hydrogens is 379 g/mol. The maximum Gasteiger partial charge on any atom is 0.321 e. The first-order valence-electron chi connectivity index (χ1n) is 5.52. The zero-order valence-electron chi connectivity index (χ0n) is 10.4. The van der Waals surface area contributed by atoms with Crippen molar-refractivity contribution in [3.8, 4) is 0 Å². The van der Waals surface area contributed by atoms with Gasteiger partial charge in [-0.1, -0.05) is 0 Å². The number of carbonyl (C=O) groups is 2. The summed E-state index contributed by atoms with van der Waals surface area (Å²) in [6, 6.07) is 4.81. The number of anilines is 1. The largest absolute Gasteiger partial charge is 0.480 e. The van der Waals surface area contributed by atoms with Crippen molar-refractivity contribution in [2.75, 3.05) is 16.8 Å². The van der Waals surface area contributed by atoms with Crippen LogP contribution in [-0.2, 0) is 9.59 Å². The zero-order valence-corrected chi connectivity index (χ0v) is 13.3. The van der Waals surface area contributed by atoms with E-state index >= 15 is 0 Å². The lowest BCUT2D eigenvalue weighted by Crippen LogP contribution is -2.33. The average molecular weight is 394 g/mol. The van der Waals surface area contributed by atoms with Crippen molar-refractivity contribution in [3.05, 3.63) is 27.3 Å². The van der Waals surface area contributed by atoms with Gasteiger partial charge in [-0.05, 0) is 53.3 Å². The molecule has 0 saturated heterocycles. The minimum atomic E-state index is -1.05. The molecule has 0 bridgehead atoms. The Labute approximate surface area is 129 Å². The normalized spacial score (nSPS) is 11.9. The molecule has 0 heterocycles. The van der Waals surface area contributed by atoms with Gasteiger partial charge in [-0.15, -0.1) is 11.8 Å².